The summed E-state index contributed by atoms with van der Waals surface area (Å²) < 4.78 is 77.8. The predicted octanol–water partition coefficient (Wildman–Crippen LogP) is 8.73. The van der Waals surface area contributed by atoms with E-state index < -0.39 is 58.0 Å². The maximum Gasteiger partial charge on any atom is 0.338 e. The van der Waals surface area contributed by atoms with Crippen LogP contribution in [0.5, 0.6) is 0 Å². The van der Waals surface area contributed by atoms with Crippen LogP contribution in [0.2, 0.25) is 5.02 Å². The number of carbonyl (C=O) groups excluding carboxylic acids is 2. The minimum absolute atomic E-state index is 0.0768. The van der Waals surface area contributed by atoms with Crippen molar-refractivity contribution in [1.29, 1.82) is 0 Å². The van der Waals surface area contributed by atoms with Crippen molar-refractivity contribution in [3.63, 3.8) is 0 Å². The van der Waals surface area contributed by atoms with E-state index in [4.69, 9.17) is 16.3 Å². The average Bonchev–Trinajstić information content (AvgIpc) is 3.00. The van der Waals surface area contributed by atoms with Crippen LogP contribution in [0, 0.1) is 29.1 Å². The molecule has 1 amide bonds. The molecule has 12 heteroatoms. The number of halogens is 6. The van der Waals surface area contributed by atoms with E-state index in [0.29, 0.717) is 16.3 Å². The zero-order chi connectivity index (χ0) is 32.9. The molecule has 0 aliphatic heterocycles. The molecule has 5 nitrogen and oxygen atoms in total. The Balaban J connectivity index is 1.68. The second-order valence-electron chi connectivity index (χ2n) is 10.9. The topological polar surface area (TPSA) is 49.9 Å². The van der Waals surface area contributed by atoms with Crippen molar-refractivity contribution in [2.24, 2.45) is 0 Å². The summed E-state index contributed by atoms with van der Waals surface area (Å²) >= 11 is 6.21. The van der Waals surface area contributed by atoms with Crippen molar-refractivity contribution < 1.29 is 36.3 Å². The zero-order valence-electron chi connectivity index (χ0n) is 24.4. The molecule has 0 bridgehead atoms. The highest BCUT2D eigenvalue weighted by molar-refractivity contribution is 7.97. The van der Waals surface area contributed by atoms with Gasteiger partial charge in [0.25, 0.3) is 0 Å². The molecule has 0 saturated carbocycles. The SMILES string of the molecule is CC(C)(C)OC(=O)c1ccc(N(Cc2ccccc2)C(=O)CN(Cc2ccc(Cl)cc2)Sc2c(F)c(F)c(F)c(F)c2F)cc1. The molecule has 45 heavy (non-hydrogen) atoms. The minimum atomic E-state index is -2.28. The molecule has 0 aliphatic rings. The lowest BCUT2D eigenvalue weighted by molar-refractivity contribution is -0.118. The van der Waals surface area contributed by atoms with Crippen LogP contribution in [0.25, 0.3) is 0 Å². The van der Waals surface area contributed by atoms with Gasteiger partial charge in [-0.05, 0) is 80.2 Å². The second-order valence-corrected chi connectivity index (χ2v) is 12.5. The first-order chi connectivity index (χ1) is 21.2. The van der Waals surface area contributed by atoms with Gasteiger partial charge in [0.05, 0.1) is 18.7 Å². The highest BCUT2D eigenvalue weighted by Crippen LogP contribution is 2.34. The van der Waals surface area contributed by atoms with E-state index in [1.54, 1.807) is 87.5 Å². The number of carbonyl (C=O) groups is 2. The first-order valence-corrected chi connectivity index (χ1v) is 14.7. The van der Waals surface area contributed by atoms with Gasteiger partial charge in [0, 0.05) is 17.3 Å². The molecule has 4 aromatic carbocycles. The van der Waals surface area contributed by atoms with Gasteiger partial charge in [-0.25, -0.2) is 31.1 Å². The van der Waals surface area contributed by atoms with Crippen molar-refractivity contribution in [1.82, 2.24) is 4.31 Å². The van der Waals surface area contributed by atoms with E-state index in [0.717, 1.165) is 5.56 Å². The fourth-order valence-corrected chi connectivity index (χ4v) is 5.26. The monoisotopic (exact) mass is 662 g/mol. The number of esters is 1. The standard InChI is InChI=1S/C33H28ClF5N2O3S/c1-33(2,3)44-32(43)22-11-15-24(16-12-22)41(18-20-7-5-4-6-8-20)25(42)19-40(17-21-9-13-23(34)14-10-21)45-31-29(38)27(36)26(35)28(37)30(31)39/h4-16H,17-19H2,1-3H3. The van der Waals surface area contributed by atoms with Crippen LogP contribution in [-0.4, -0.2) is 28.3 Å². The van der Waals surface area contributed by atoms with Crippen molar-refractivity contribution in [3.05, 3.63) is 130 Å². The lowest BCUT2D eigenvalue weighted by atomic mass is 10.1. The molecule has 0 radical (unpaired) electrons. The largest absolute Gasteiger partial charge is 0.456 e. The first kappa shape index (κ1) is 34.0. The first-order valence-electron chi connectivity index (χ1n) is 13.6. The van der Waals surface area contributed by atoms with Gasteiger partial charge < -0.3 is 9.64 Å². The van der Waals surface area contributed by atoms with Crippen LogP contribution < -0.4 is 4.90 Å². The number of rotatable bonds is 10. The number of benzene rings is 4. The quantitative estimate of drug-likeness (QED) is 0.0559. The molecular weight excluding hydrogens is 635 g/mol. The Kier molecular flexibility index (Phi) is 10.9. The van der Waals surface area contributed by atoms with Gasteiger partial charge in [-0.15, -0.1) is 0 Å². The van der Waals surface area contributed by atoms with Crippen LogP contribution in [0.3, 0.4) is 0 Å². The molecule has 0 spiro atoms. The number of anilines is 1. The highest BCUT2D eigenvalue weighted by atomic mass is 35.5. The van der Waals surface area contributed by atoms with Crippen LogP contribution in [0.15, 0.2) is 83.8 Å². The number of nitrogens with zero attached hydrogens (tertiary/aromatic N) is 2. The number of hydrogen-bond acceptors (Lipinski definition) is 5. The Morgan fingerprint density at radius 1 is 0.733 bits per heavy atom. The van der Waals surface area contributed by atoms with E-state index in [2.05, 4.69) is 0 Å². The van der Waals surface area contributed by atoms with E-state index in [9.17, 15) is 31.5 Å². The average molecular weight is 663 g/mol. The number of hydrogen-bond donors (Lipinski definition) is 0. The van der Waals surface area contributed by atoms with Gasteiger partial charge in [-0.1, -0.05) is 54.1 Å². The van der Waals surface area contributed by atoms with Crippen molar-refractivity contribution >= 4 is 41.1 Å². The van der Waals surface area contributed by atoms with Crippen LogP contribution >= 0.6 is 23.5 Å². The van der Waals surface area contributed by atoms with Gasteiger partial charge in [0.1, 0.15) is 10.5 Å². The summed E-state index contributed by atoms with van der Waals surface area (Å²) in [6.07, 6.45) is 0. The molecule has 0 saturated heterocycles. The molecule has 4 rings (SSSR count). The van der Waals surface area contributed by atoms with Crippen LogP contribution in [0.4, 0.5) is 27.6 Å². The summed E-state index contributed by atoms with van der Waals surface area (Å²) in [6.45, 7) is 4.66. The van der Waals surface area contributed by atoms with E-state index in [1.807, 2.05) is 0 Å². The van der Waals surface area contributed by atoms with E-state index in [1.165, 1.54) is 21.3 Å². The number of ether oxygens (including phenoxy) is 1. The Morgan fingerprint density at radius 3 is 1.82 bits per heavy atom. The minimum Gasteiger partial charge on any atom is -0.456 e. The molecule has 0 atom stereocenters. The summed E-state index contributed by atoms with van der Waals surface area (Å²) in [6, 6.07) is 21.4. The van der Waals surface area contributed by atoms with Crippen molar-refractivity contribution in [2.45, 2.75) is 44.4 Å². The van der Waals surface area contributed by atoms with Gasteiger partial charge >= 0.3 is 5.97 Å². The second kappa shape index (κ2) is 14.4. The molecule has 0 aromatic heterocycles. The summed E-state index contributed by atoms with van der Waals surface area (Å²) in [5.74, 6) is -11.6. The smallest absolute Gasteiger partial charge is 0.338 e. The molecule has 0 unspecified atom stereocenters. The Hall–Kier alpha value is -3.93. The van der Waals surface area contributed by atoms with Gasteiger partial charge in [-0.3, -0.25) is 4.79 Å². The van der Waals surface area contributed by atoms with E-state index in [-0.39, 0.29) is 30.6 Å². The number of amides is 1. The zero-order valence-corrected chi connectivity index (χ0v) is 26.0. The Labute approximate surface area is 266 Å². The molecule has 0 fully saturated rings. The Bertz CT molecular complexity index is 1640. The maximum atomic E-state index is 14.7. The molecule has 0 N–H and O–H groups in total. The van der Waals surface area contributed by atoms with Crippen molar-refractivity contribution in [2.75, 3.05) is 11.4 Å². The van der Waals surface area contributed by atoms with Gasteiger partial charge in [0.2, 0.25) is 11.7 Å². The third kappa shape index (κ3) is 8.84. The van der Waals surface area contributed by atoms with Crippen LogP contribution in [0.1, 0.15) is 42.3 Å². The third-order valence-corrected chi connectivity index (χ3v) is 7.58. The molecule has 0 heterocycles. The lowest BCUT2D eigenvalue weighted by Gasteiger charge is -2.28. The molecule has 4 aromatic rings. The third-order valence-electron chi connectivity index (χ3n) is 6.27. The highest BCUT2D eigenvalue weighted by Gasteiger charge is 2.29. The van der Waals surface area contributed by atoms with Gasteiger partial charge in [-0.2, -0.15) is 0 Å². The summed E-state index contributed by atoms with van der Waals surface area (Å²) in [7, 11) is 0. The Morgan fingerprint density at radius 2 is 1.27 bits per heavy atom. The van der Waals surface area contributed by atoms with Crippen molar-refractivity contribution in [3.8, 4) is 0 Å². The fraction of sp³-hybridized carbons (Fsp3) is 0.212. The van der Waals surface area contributed by atoms with Gasteiger partial charge in [0.15, 0.2) is 23.3 Å². The van der Waals surface area contributed by atoms with E-state index >= 15 is 0 Å². The normalized spacial score (nSPS) is 11.5. The summed E-state index contributed by atoms with van der Waals surface area (Å²) in [4.78, 5) is 26.7. The predicted molar refractivity (Wildman–Crippen MR) is 163 cm³/mol. The summed E-state index contributed by atoms with van der Waals surface area (Å²) in [5.41, 5.74) is 1.24. The summed E-state index contributed by atoms with van der Waals surface area (Å²) in [5, 5.41) is 0.414. The molecular formula is C33H28ClF5N2O3S. The maximum absolute atomic E-state index is 14.7. The fourth-order valence-electron chi connectivity index (χ4n) is 4.15. The van der Waals surface area contributed by atoms with Crippen LogP contribution in [-0.2, 0) is 22.6 Å². The lowest BCUT2D eigenvalue weighted by Crippen LogP contribution is -2.38. The molecule has 236 valence electrons. The molecule has 0 aliphatic carbocycles.